The van der Waals surface area contributed by atoms with E-state index in [1.54, 1.807) is 18.2 Å². The summed E-state index contributed by atoms with van der Waals surface area (Å²) in [7, 11) is 0. The molecule has 0 aliphatic heterocycles. The lowest BCUT2D eigenvalue weighted by molar-refractivity contribution is 0.179. The molecular weight excluding hydrogens is 286 g/mol. The van der Waals surface area contributed by atoms with Gasteiger partial charge in [0.25, 0.3) is 0 Å². The minimum atomic E-state index is -0.670. The molecule has 1 atom stereocenters. The number of ether oxygens (including phenoxy) is 1. The molecule has 23 heavy (non-hydrogen) atoms. The molecule has 0 radical (unpaired) electrons. The molecule has 3 heteroatoms. The second kappa shape index (κ2) is 6.99. The highest BCUT2D eigenvalue weighted by molar-refractivity contribution is 5.52. The van der Waals surface area contributed by atoms with Crippen LogP contribution in [-0.4, -0.2) is 5.11 Å². The molecule has 3 nitrogen and oxygen atoms in total. The van der Waals surface area contributed by atoms with Crippen molar-refractivity contribution in [1.29, 1.82) is 0 Å². The van der Waals surface area contributed by atoms with Crippen LogP contribution in [0.2, 0.25) is 0 Å². The summed E-state index contributed by atoms with van der Waals surface area (Å²) in [5, 5.41) is 10.5. The number of benzene rings is 3. The molecule has 3 rings (SSSR count). The summed E-state index contributed by atoms with van der Waals surface area (Å²) in [5.74, 6) is 1.41. The molecule has 0 amide bonds. The van der Waals surface area contributed by atoms with Crippen molar-refractivity contribution >= 4 is 5.69 Å². The van der Waals surface area contributed by atoms with Crippen LogP contribution in [0.1, 0.15) is 17.2 Å². The molecule has 0 heterocycles. The Labute approximate surface area is 136 Å². The van der Waals surface area contributed by atoms with Crippen molar-refractivity contribution < 1.29 is 9.84 Å². The van der Waals surface area contributed by atoms with Gasteiger partial charge >= 0.3 is 0 Å². The van der Waals surface area contributed by atoms with Gasteiger partial charge in [-0.1, -0.05) is 48.5 Å². The van der Waals surface area contributed by atoms with E-state index in [0.717, 1.165) is 11.3 Å². The van der Waals surface area contributed by atoms with Gasteiger partial charge in [0.1, 0.15) is 11.5 Å². The second-order valence-corrected chi connectivity index (χ2v) is 5.41. The lowest BCUT2D eigenvalue weighted by Crippen LogP contribution is -2.05. The van der Waals surface area contributed by atoms with Gasteiger partial charge in [0, 0.05) is 17.7 Å². The van der Waals surface area contributed by atoms with Crippen molar-refractivity contribution in [2.24, 2.45) is 0 Å². The van der Waals surface area contributed by atoms with Gasteiger partial charge in [-0.2, -0.15) is 0 Å². The Balaban J connectivity index is 1.80. The summed E-state index contributed by atoms with van der Waals surface area (Å²) in [6.45, 7) is 0. The van der Waals surface area contributed by atoms with Crippen LogP contribution in [0.5, 0.6) is 11.5 Å². The molecule has 0 saturated heterocycles. The fourth-order valence-corrected chi connectivity index (χ4v) is 2.48. The fraction of sp³-hybridized carbons (Fsp3) is 0.100. The summed E-state index contributed by atoms with van der Waals surface area (Å²) in [4.78, 5) is 0. The topological polar surface area (TPSA) is 55.5 Å². The molecule has 0 saturated carbocycles. The van der Waals surface area contributed by atoms with E-state index < -0.39 is 6.10 Å². The molecule has 3 aromatic rings. The van der Waals surface area contributed by atoms with Gasteiger partial charge in [-0.25, -0.2) is 0 Å². The lowest BCUT2D eigenvalue weighted by Gasteiger charge is -2.15. The fourth-order valence-electron chi connectivity index (χ4n) is 2.48. The third-order valence-electron chi connectivity index (χ3n) is 3.67. The van der Waals surface area contributed by atoms with Gasteiger partial charge in [-0.15, -0.1) is 0 Å². The van der Waals surface area contributed by atoms with Crippen LogP contribution in [-0.2, 0) is 6.42 Å². The maximum atomic E-state index is 10.5. The highest BCUT2D eigenvalue weighted by atomic mass is 16.5. The third kappa shape index (κ3) is 3.90. The van der Waals surface area contributed by atoms with Gasteiger partial charge in [0.15, 0.2) is 0 Å². The first-order chi connectivity index (χ1) is 11.2. The molecule has 1 unspecified atom stereocenters. The second-order valence-electron chi connectivity index (χ2n) is 5.41. The van der Waals surface area contributed by atoms with Gasteiger partial charge in [-0.3, -0.25) is 0 Å². The number of nitrogen functional groups attached to an aromatic ring is 1. The summed E-state index contributed by atoms with van der Waals surface area (Å²) >= 11 is 0. The maximum Gasteiger partial charge on any atom is 0.127 e. The Morgan fingerprint density at radius 1 is 0.826 bits per heavy atom. The van der Waals surface area contributed by atoms with Crippen LogP contribution in [0.15, 0.2) is 78.9 Å². The Bertz CT molecular complexity index is 757. The van der Waals surface area contributed by atoms with Crippen molar-refractivity contribution in [2.75, 3.05) is 5.73 Å². The van der Waals surface area contributed by atoms with Crippen molar-refractivity contribution in [3.63, 3.8) is 0 Å². The molecule has 3 N–H and O–H groups in total. The number of aliphatic hydroxyl groups is 1. The number of hydrogen-bond acceptors (Lipinski definition) is 3. The number of hydrogen-bond donors (Lipinski definition) is 2. The van der Waals surface area contributed by atoms with Crippen molar-refractivity contribution in [1.82, 2.24) is 0 Å². The molecular formula is C20H19NO2. The summed E-state index contributed by atoms with van der Waals surface area (Å²) in [5.41, 5.74) is 8.33. The van der Waals surface area contributed by atoms with E-state index in [9.17, 15) is 5.11 Å². The Kier molecular flexibility index (Phi) is 4.60. The van der Waals surface area contributed by atoms with Crippen LogP contribution >= 0.6 is 0 Å². The Morgan fingerprint density at radius 2 is 1.48 bits per heavy atom. The normalized spacial score (nSPS) is 11.9. The van der Waals surface area contributed by atoms with Crippen LogP contribution in [0, 0.1) is 0 Å². The van der Waals surface area contributed by atoms with Crippen LogP contribution < -0.4 is 10.5 Å². The SMILES string of the molecule is Nc1ccc(Oc2ccccc2)cc1C(O)Cc1ccccc1. The molecule has 0 aliphatic carbocycles. The minimum absolute atomic E-state index is 0.514. The number of aliphatic hydroxyl groups excluding tert-OH is 1. The quantitative estimate of drug-likeness (QED) is 0.690. The number of rotatable bonds is 5. The highest BCUT2D eigenvalue weighted by Crippen LogP contribution is 2.30. The van der Waals surface area contributed by atoms with Crippen LogP contribution in [0.3, 0.4) is 0 Å². The van der Waals surface area contributed by atoms with Crippen molar-refractivity contribution in [3.05, 3.63) is 90.0 Å². The van der Waals surface area contributed by atoms with Crippen molar-refractivity contribution in [3.8, 4) is 11.5 Å². The van der Waals surface area contributed by atoms with Crippen LogP contribution in [0.4, 0.5) is 5.69 Å². The summed E-state index contributed by atoms with van der Waals surface area (Å²) in [6, 6.07) is 24.8. The average molecular weight is 305 g/mol. The zero-order valence-electron chi connectivity index (χ0n) is 12.7. The predicted molar refractivity (Wildman–Crippen MR) is 92.5 cm³/mol. The molecule has 0 spiro atoms. The highest BCUT2D eigenvalue weighted by Gasteiger charge is 2.13. The number of nitrogens with two attached hydrogens (primary N) is 1. The molecule has 0 fully saturated rings. The van der Waals surface area contributed by atoms with E-state index in [4.69, 9.17) is 10.5 Å². The predicted octanol–water partition coefficient (Wildman–Crippen LogP) is 4.34. The first-order valence-corrected chi connectivity index (χ1v) is 7.57. The lowest BCUT2D eigenvalue weighted by atomic mass is 10.00. The zero-order chi connectivity index (χ0) is 16.1. The van der Waals surface area contributed by atoms with Crippen LogP contribution in [0.25, 0.3) is 0 Å². The Hall–Kier alpha value is -2.78. The van der Waals surface area contributed by atoms with Gasteiger partial charge in [0.2, 0.25) is 0 Å². The smallest absolute Gasteiger partial charge is 0.127 e. The van der Waals surface area contributed by atoms with Crippen molar-refractivity contribution in [2.45, 2.75) is 12.5 Å². The van der Waals surface area contributed by atoms with E-state index in [1.165, 1.54) is 0 Å². The van der Waals surface area contributed by atoms with E-state index in [1.807, 2.05) is 60.7 Å². The molecule has 0 aromatic heterocycles. The van der Waals surface area contributed by atoms with Gasteiger partial charge < -0.3 is 15.6 Å². The first kappa shape index (κ1) is 15.1. The Morgan fingerprint density at radius 3 is 2.17 bits per heavy atom. The van der Waals surface area contributed by atoms with E-state index >= 15 is 0 Å². The van der Waals surface area contributed by atoms with Gasteiger partial charge in [0.05, 0.1) is 6.10 Å². The molecule has 3 aromatic carbocycles. The molecule has 0 aliphatic rings. The number of para-hydroxylation sites is 1. The molecule has 116 valence electrons. The maximum absolute atomic E-state index is 10.5. The monoisotopic (exact) mass is 305 g/mol. The largest absolute Gasteiger partial charge is 0.457 e. The molecule has 0 bridgehead atoms. The van der Waals surface area contributed by atoms with Gasteiger partial charge in [-0.05, 0) is 35.9 Å². The van der Waals surface area contributed by atoms with E-state index in [2.05, 4.69) is 0 Å². The van der Waals surface area contributed by atoms with E-state index in [-0.39, 0.29) is 0 Å². The summed E-state index contributed by atoms with van der Waals surface area (Å²) < 4.78 is 5.81. The number of anilines is 1. The first-order valence-electron chi connectivity index (χ1n) is 7.57. The zero-order valence-corrected chi connectivity index (χ0v) is 12.7. The third-order valence-corrected chi connectivity index (χ3v) is 3.67. The summed E-state index contributed by atoms with van der Waals surface area (Å²) in [6.07, 6.45) is -0.156. The minimum Gasteiger partial charge on any atom is -0.457 e. The van der Waals surface area contributed by atoms with E-state index in [0.29, 0.717) is 23.4 Å². The standard InChI is InChI=1S/C20H19NO2/c21-19-12-11-17(23-16-9-5-2-6-10-16)14-18(19)20(22)13-15-7-3-1-4-8-15/h1-12,14,20,22H,13,21H2. The average Bonchev–Trinajstić information content (AvgIpc) is 2.58.